The van der Waals surface area contributed by atoms with Gasteiger partial charge < -0.3 is 14.7 Å². The van der Waals surface area contributed by atoms with E-state index in [1.165, 1.54) is 0 Å². The third kappa shape index (κ3) is 3.47. The molecule has 0 aromatic heterocycles. The highest BCUT2D eigenvalue weighted by Crippen LogP contribution is 2.46. The van der Waals surface area contributed by atoms with Crippen LogP contribution in [0.25, 0.3) is 0 Å². The van der Waals surface area contributed by atoms with Crippen molar-refractivity contribution in [1.29, 1.82) is 0 Å². The third-order valence-electron chi connectivity index (χ3n) is 4.90. The molecule has 2 fully saturated rings. The molecule has 2 heterocycles. The van der Waals surface area contributed by atoms with Gasteiger partial charge in [0.1, 0.15) is 6.61 Å². The highest BCUT2D eigenvalue weighted by atomic mass is 32.2. The number of amides is 1. The second-order valence-electron chi connectivity index (χ2n) is 6.29. The van der Waals surface area contributed by atoms with Crippen molar-refractivity contribution < 1.29 is 19.4 Å². The lowest BCUT2D eigenvalue weighted by atomic mass is 9.73. The van der Waals surface area contributed by atoms with Crippen molar-refractivity contribution >= 4 is 23.8 Å². The van der Waals surface area contributed by atoms with Crippen molar-refractivity contribution in [2.24, 2.45) is 11.3 Å². The lowest BCUT2D eigenvalue weighted by Crippen LogP contribution is -2.38. The van der Waals surface area contributed by atoms with E-state index in [0.717, 1.165) is 29.9 Å². The van der Waals surface area contributed by atoms with E-state index in [-0.39, 0.29) is 18.6 Å². The summed E-state index contributed by atoms with van der Waals surface area (Å²) < 4.78 is 5.36. The van der Waals surface area contributed by atoms with E-state index in [4.69, 9.17) is 4.74 Å². The zero-order valence-corrected chi connectivity index (χ0v) is 13.8. The van der Waals surface area contributed by atoms with E-state index in [9.17, 15) is 14.7 Å². The molecule has 1 spiro atoms. The molecule has 23 heavy (non-hydrogen) atoms. The van der Waals surface area contributed by atoms with Gasteiger partial charge in [-0.2, -0.15) is 11.8 Å². The molecule has 0 aliphatic carbocycles. The molecule has 1 aromatic rings. The minimum absolute atomic E-state index is 0.219. The second-order valence-corrected chi connectivity index (χ2v) is 7.51. The van der Waals surface area contributed by atoms with E-state index < -0.39 is 18.0 Å². The Hall–Kier alpha value is -1.69. The number of carbonyl (C=O) groups excluding carboxylic acids is 1. The maximum atomic E-state index is 12.3. The molecule has 124 valence electrons. The SMILES string of the molecule is O=C(O)C1CN(C(=O)OCc2ccccc2)CC12CCSCC2. The summed E-state index contributed by atoms with van der Waals surface area (Å²) in [5.74, 6) is 0.663. The maximum absolute atomic E-state index is 12.3. The Morgan fingerprint density at radius 3 is 2.61 bits per heavy atom. The normalized spacial score (nSPS) is 23.0. The molecule has 0 saturated carbocycles. The van der Waals surface area contributed by atoms with Crippen LogP contribution in [0.1, 0.15) is 18.4 Å². The number of ether oxygens (including phenoxy) is 1. The summed E-state index contributed by atoms with van der Waals surface area (Å²) in [4.78, 5) is 25.5. The standard InChI is InChI=1S/C17H21NO4S/c19-15(20)14-10-18(12-17(14)6-8-23-9-7-17)16(21)22-11-13-4-2-1-3-5-13/h1-5,14H,6-12H2,(H,19,20). The lowest BCUT2D eigenvalue weighted by molar-refractivity contribution is -0.144. The molecule has 0 bridgehead atoms. The molecule has 2 saturated heterocycles. The fraction of sp³-hybridized carbons (Fsp3) is 0.529. The predicted molar refractivity (Wildman–Crippen MR) is 88.3 cm³/mol. The van der Waals surface area contributed by atoms with Crippen molar-refractivity contribution in [2.45, 2.75) is 19.4 Å². The van der Waals surface area contributed by atoms with Crippen LogP contribution in [0.2, 0.25) is 0 Å². The van der Waals surface area contributed by atoms with Crippen molar-refractivity contribution in [3.63, 3.8) is 0 Å². The maximum Gasteiger partial charge on any atom is 0.410 e. The molecule has 0 radical (unpaired) electrons. The Bertz CT molecular complexity index is 571. The van der Waals surface area contributed by atoms with E-state index >= 15 is 0 Å². The van der Waals surface area contributed by atoms with Crippen molar-refractivity contribution in [3.8, 4) is 0 Å². The quantitative estimate of drug-likeness (QED) is 0.920. The Morgan fingerprint density at radius 2 is 1.96 bits per heavy atom. The van der Waals surface area contributed by atoms with Gasteiger partial charge >= 0.3 is 12.1 Å². The number of benzene rings is 1. The first-order valence-electron chi connectivity index (χ1n) is 7.87. The number of nitrogens with zero attached hydrogens (tertiary/aromatic N) is 1. The molecule has 1 atom stereocenters. The van der Waals surface area contributed by atoms with Gasteiger partial charge in [-0.1, -0.05) is 30.3 Å². The summed E-state index contributed by atoms with van der Waals surface area (Å²) in [6.45, 7) is 0.975. The van der Waals surface area contributed by atoms with Crippen LogP contribution in [0.15, 0.2) is 30.3 Å². The number of thioether (sulfide) groups is 1. The van der Waals surface area contributed by atoms with Gasteiger partial charge in [0.05, 0.1) is 5.92 Å². The smallest absolute Gasteiger partial charge is 0.410 e. The fourth-order valence-electron chi connectivity index (χ4n) is 3.54. The summed E-state index contributed by atoms with van der Waals surface area (Å²) >= 11 is 1.86. The van der Waals surface area contributed by atoms with Gasteiger partial charge in [0.2, 0.25) is 0 Å². The third-order valence-corrected chi connectivity index (χ3v) is 5.88. The van der Waals surface area contributed by atoms with Crippen molar-refractivity contribution in [1.82, 2.24) is 4.90 Å². The number of carbonyl (C=O) groups is 2. The van der Waals surface area contributed by atoms with Crippen LogP contribution >= 0.6 is 11.8 Å². The number of carboxylic acids is 1. The Balaban J connectivity index is 1.64. The van der Waals surface area contributed by atoms with Crippen molar-refractivity contribution in [3.05, 3.63) is 35.9 Å². The van der Waals surface area contributed by atoms with Gasteiger partial charge in [0.15, 0.2) is 0 Å². The largest absolute Gasteiger partial charge is 0.481 e. The second kappa shape index (κ2) is 6.83. The van der Waals surface area contributed by atoms with Crippen LogP contribution in [-0.2, 0) is 16.1 Å². The first-order chi connectivity index (χ1) is 11.1. The molecule has 3 rings (SSSR count). The van der Waals surface area contributed by atoms with Crippen LogP contribution < -0.4 is 0 Å². The average molecular weight is 335 g/mol. The molecular formula is C17H21NO4S. The highest BCUT2D eigenvalue weighted by Gasteiger charge is 2.52. The average Bonchev–Trinajstić information content (AvgIpc) is 2.93. The van der Waals surface area contributed by atoms with Crippen LogP contribution in [0.5, 0.6) is 0 Å². The Morgan fingerprint density at radius 1 is 1.26 bits per heavy atom. The summed E-state index contributed by atoms with van der Waals surface area (Å²) in [6.07, 6.45) is 1.31. The lowest BCUT2D eigenvalue weighted by Gasteiger charge is -2.35. The van der Waals surface area contributed by atoms with Crippen LogP contribution in [0.4, 0.5) is 4.79 Å². The molecule has 1 aromatic carbocycles. The van der Waals surface area contributed by atoms with Gasteiger partial charge in [-0.25, -0.2) is 4.79 Å². The summed E-state index contributed by atoms with van der Waals surface area (Å²) in [7, 11) is 0. The topological polar surface area (TPSA) is 66.8 Å². The molecule has 5 nitrogen and oxygen atoms in total. The minimum Gasteiger partial charge on any atom is -0.481 e. The number of aliphatic carboxylic acids is 1. The molecule has 2 aliphatic heterocycles. The minimum atomic E-state index is -0.796. The number of carboxylic acid groups (broad SMARTS) is 1. The van der Waals surface area contributed by atoms with Gasteiger partial charge in [-0.15, -0.1) is 0 Å². The van der Waals surface area contributed by atoms with Crippen LogP contribution in [0, 0.1) is 11.3 Å². The molecule has 6 heteroatoms. The molecule has 1 N–H and O–H groups in total. The zero-order chi connectivity index (χ0) is 16.3. The van der Waals surface area contributed by atoms with Gasteiger partial charge in [-0.3, -0.25) is 4.79 Å². The summed E-state index contributed by atoms with van der Waals surface area (Å²) in [5.41, 5.74) is 0.654. The monoisotopic (exact) mass is 335 g/mol. The summed E-state index contributed by atoms with van der Waals surface area (Å²) in [6, 6.07) is 9.50. The fourth-order valence-corrected chi connectivity index (χ4v) is 4.85. The number of likely N-dealkylation sites (tertiary alicyclic amines) is 1. The summed E-state index contributed by atoms with van der Waals surface area (Å²) in [5, 5.41) is 9.55. The van der Waals surface area contributed by atoms with Gasteiger partial charge in [0.25, 0.3) is 0 Å². The molecule has 2 aliphatic rings. The van der Waals surface area contributed by atoms with E-state index in [2.05, 4.69) is 0 Å². The van der Waals surface area contributed by atoms with Crippen LogP contribution in [-0.4, -0.2) is 46.7 Å². The molecule has 1 amide bonds. The van der Waals surface area contributed by atoms with Crippen LogP contribution in [0.3, 0.4) is 0 Å². The number of hydrogen-bond donors (Lipinski definition) is 1. The van der Waals surface area contributed by atoms with E-state index in [0.29, 0.717) is 6.54 Å². The Labute approximate surface area is 140 Å². The van der Waals surface area contributed by atoms with Gasteiger partial charge in [0, 0.05) is 18.5 Å². The van der Waals surface area contributed by atoms with E-state index in [1.54, 1.807) is 4.90 Å². The first kappa shape index (κ1) is 16.2. The molecular weight excluding hydrogens is 314 g/mol. The number of hydrogen-bond acceptors (Lipinski definition) is 4. The predicted octanol–water partition coefficient (Wildman–Crippen LogP) is 2.85. The van der Waals surface area contributed by atoms with E-state index in [1.807, 2.05) is 42.1 Å². The zero-order valence-electron chi connectivity index (χ0n) is 12.9. The number of rotatable bonds is 3. The first-order valence-corrected chi connectivity index (χ1v) is 9.02. The van der Waals surface area contributed by atoms with Crippen molar-refractivity contribution in [2.75, 3.05) is 24.6 Å². The Kier molecular flexibility index (Phi) is 4.80. The van der Waals surface area contributed by atoms with Gasteiger partial charge in [-0.05, 0) is 29.9 Å². The highest BCUT2D eigenvalue weighted by molar-refractivity contribution is 7.99. The molecule has 1 unspecified atom stereocenters.